The molecule has 2 aromatic carbocycles. The number of nitrogens with one attached hydrogen (secondary N) is 1. The van der Waals surface area contributed by atoms with Gasteiger partial charge in [-0.3, -0.25) is 5.32 Å². The maximum atomic E-state index is 11.8. The first-order valence-electron chi connectivity index (χ1n) is 7.26. The van der Waals surface area contributed by atoms with E-state index in [1.165, 1.54) is 7.11 Å². The van der Waals surface area contributed by atoms with Crippen molar-refractivity contribution < 1.29 is 19.4 Å². The molecule has 0 heterocycles. The Kier molecular flexibility index (Phi) is 4.79. The number of aromatic hydroxyl groups is 1. The monoisotopic (exact) mass is 315 g/mol. The van der Waals surface area contributed by atoms with Crippen molar-refractivity contribution in [3.63, 3.8) is 0 Å². The quantitative estimate of drug-likeness (QED) is 0.880. The van der Waals surface area contributed by atoms with Crippen molar-refractivity contribution in [2.24, 2.45) is 0 Å². The Bertz CT molecular complexity index is 704. The molecule has 0 aliphatic carbocycles. The van der Waals surface area contributed by atoms with Gasteiger partial charge in [0.2, 0.25) is 0 Å². The van der Waals surface area contributed by atoms with Gasteiger partial charge in [-0.05, 0) is 56.2 Å². The molecule has 0 aliphatic rings. The summed E-state index contributed by atoms with van der Waals surface area (Å²) in [5.41, 5.74) is 1.74. The number of phenols is 1. The van der Waals surface area contributed by atoms with Crippen molar-refractivity contribution in [1.29, 1.82) is 0 Å². The second-order valence-corrected chi connectivity index (χ2v) is 6.09. The predicted molar refractivity (Wildman–Crippen MR) is 90.0 cm³/mol. The molecule has 0 spiro atoms. The maximum Gasteiger partial charge on any atom is 0.412 e. The number of benzene rings is 2. The van der Waals surface area contributed by atoms with Crippen molar-refractivity contribution >= 4 is 11.8 Å². The number of carbonyl (C=O) groups is 1. The molecule has 0 aromatic heterocycles. The van der Waals surface area contributed by atoms with Crippen LogP contribution in [0.5, 0.6) is 11.5 Å². The van der Waals surface area contributed by atoms with Crippen LogP contribution in [0.3, 0.4) is 0 Å². The van der Waals surface area contributed by atoms with Crippen molar-refractivity contribution in [3.8, 4) is 22.6 Å². The van der Waals surface area contributed by atoms with Crippen LogP contribution in [0, 0.1) is 0 Å². The molecule has 0 aliphatic heterocycles. The van der Waals surface area contributed by atoms with E-state index in [9.17, 15) is 9.90 Å². The molecule has 23 heavy (non-hydrogen) atoms. The van der Waals surface area contributed by atoms with Gasteiger partial charge in [-0.15, -0.1) is 0 Å². The van der Waals surface area contributed by atoms with Crippen LogP contribution in [0.4, 0.5) is 10.5 Å². The molecule has 5 nitrogen and oxygen atoms in total. The zero-order valence-corrected chi connectivity index (χ0v) is 13.7. The van der Waals surface area contributed by atoms with Crippen molar-refractivity contribution in [3.05, 3.63) is 42.5 Å². The third kappa shape index (κ3) is 4.64. The number of anilines is 1. The molecule has 5 heteroatoms. The van der Waals surface area contributed by atoms with Gasteiger partial charge >= 0.3 is 6.09 Å². The minimum absolute atomic E-state index is 0.0653. The molecule has 0 unspecified atom stereocenters. The molecule has 0 radical (unpaired) electrons. The van der Waals surface area contributed by atoms with Crippen LogP contribution >= 0.6 is 0 Å². The summed E-state index contributed by atoms with van der Waals surface area (Å²) in [5.74, 6) is 0.479. The maximum absolute atomic E-state index is 11.8. The summed E-state index contributed by atoms with van der Waals surface area (Å²) in [4.78, 5) is 11.8. The molecule has 2 aromatic rings. The third-order valence-electron chi connectivity index (χ3n) is 3.02. The largest absolute Gasteiger partial charge is 0.504 e. The summed E-state index contributed by atoms with van der Waals surface area (Å²) in [6.07, 6.45) is -0.507. The highest BCUT2D eigenvalue weighted by atomic mass is 16.6. The van der Waals surface area contributed by atoms with Gasteiger partial charge in [0.25, 0.3) is 0 Å². The lowest BCUT2D eigenvalue weighted by molar-refractivity contribution is 0.0636. The van der Waals surface area contributed by atoms with E-state index in [-0.39, 0.29) is 5.75 Å². The molecule has 0 fully saturated rings. The number of hydrogen-bond donors (Lipinski definition) is 2. The van der Waals surface area contributed by atoms with Gasteiger partial charge in [-0.25, -0.2) is 4.79 Å². The molecule has 2 rings (SSSR count). The zero-order valence-electron chi connectivity index (χ0n) is 13.7. The number of methoxy groups -OCH3 is 1. The second kappa shape index (κ2) is 6.60. The van der Waals surface area contributed by atoms with E-state index >= 15 is 0 Å². The summed E-state index contributed by atoms with van der Waals surface area (Å²) in [6.45, 7) is 5.43. The summed E-state index contributed by atoms with van der Waals surface area (Å²) >= 11 is 0. The van der Waals surface area contributed by atoms with Gasteiger partial charge in [0, 0.05) is 5.69 Å². The molecular formula is C18H21NO4. The molecule has 0 saturated heterocycles. The van der Waals surface area contributed by atoms with Crippen molar-refractivity contribution in [1.82, 2.24) is 0 Å². The fraction of sp³-hybridized carbons (Fsp3) is 0.278. The zero-order chi connectivity index (χ0) is 17.0. The lowest BCUT2D eigenvalue weighted by Crippen LogP contribution is -2.27. The normalized spacial score (nSPS) is 11.0. The molecule has 0 saturated carbocycles. The van der Waals surface area contributed by atoms with Gasteiger partial charge in [-0.1, -0.05) is 18.2 Å². The van der Waals surface area contributed by atoms with E-state index in [1.54, 1.807) is 18.2 Å². The Morgan fingerprint density at radius 2 is 1.78 bits per heavy atom. The molecule has 2 N–H and O–H groups in total. The van der Waals surface area contributed by atoms with Crippen LogP contribution in [0.15, 0.2) is 42.5 Å². The summed E-state index contributed by atoms with van der Waals surface area (Å²) in [6, 6.07) is 12.4. The molecule has 0 bridgehead atoms. The smallest absolute Gasteiger partial charge is 0.412 e. The topological polar surface area (TPSA) is 67.8 Å². The Balaban J connectivity index is 2.20. The minimum atomic E-state index is -0.552. The molecule has 0 atom stereocenters. The Labute approximate surface area is 135 Å². The summed E-state index contributed by atoms with van der Waals surface area (Å²) < 4.78 is 10.3. The van der Waals surface area contributed by atoms with Crippen LogP contribution in [0.2, 0.25) is 0 Å². The number of phenolic OH excluding ortho intramolecular Hbond substituents is 1. The SMILES string of the molecule is COc1ccc(-c2cccc(NC(=O)OC(C)(C)C)c2)cc1O. The fourth-order valence-corrected chi connectivity index (χ4v) is 2.07. The van der Waals surface area contributed by atoms with Crippen molar-refractivity contribution in [2.45, 2.75) is 26.4 Å². The minimum Gasteiger partial charge on any atom is -0.504 e. The number of carbonyl (C=O) groups excluding carboxylic acids is 1. The lowest BCUT2D eigenvalue weighted by atomic mass is 10.0. The van der Waals surface area contributed by atoms with E-state index in [2.05, 4.69) is 5.32 Å². The van der Waals surface area contributed by atoms with E-state index < -0.39 is 11.7 Å². The van der Waals surface area contributed by atoms with E-state index in [0.29, 0.717) is 11.4 Å². The first-order valence-corrected chi connectivity index (χ1v) is 7.26. The highest BCUT2D eigenvalue weighted by Gasteiger charge is 2.16. The number of hydrogen-bond acceptors (Lipinski definition) is 4. The highest BCUT2D eigenvalue weighted by Crippen LogP contribution is 2.32. The van der Waals surface area contributed by atoms with Gasteiger partial charge in [0.15, 0.2) is 11.5 Å². The molecule has 122 valence electrons. The Morgan fingerprint density at radius 3 is 2.39 bits per heavy atom. The van der Waals surface area contributed by atoms with Crippen LogP contribution in [-0.4, -0.2) is 23.9 Å². The number of rotatable bonds is 3. The lowest BCUT2D eigenvalue weighted by Gasteiger charge is -2.19. The first kappa shape index (κ1) is 16.7. The average molecular weight is 315 g/mol. The van der Waals surface area contributed by atoms with Gasteiger partial charge < -0.3 is 14.6 Å². The van der Waals surface area contributed by atoms with Crippen LogP contribution in [-0.2, 0) is 4.74 Å². The van der Waals surface area contributed by atoms with Crippen LogP contribution in [0.25, 0.3) is 11.1 Å². The average Bonchev–Trinajstić information content (AvgIpc) is 2.45. The Hall–Kier alpha value is -2.69. The molecular weight excluding hydrogens is 294 g/mol. The van der Waals surface area contributed by atoms with E-state index in [0.717, 1.165) is 11.1 Å². The highest BCUT2D eigenvalue weighted by molar-refractivity contribution is 5.86. The van der Waals surface area contributed by atoms with Crippen molar-refractivity contribution in [2.75, 3.05) is 12.4 Å². The summed E-state index contributed by atoms with van der Waals surface area (Å²) in [5, 5.41) is 12.6. The Morgan fingerprint density at radius 1 is 1.09 bits per heavy atom. The molecule has 1 amide bonds. The van der Waals surface area contributed by atoms with Crippen LogP contribution in [0.1, 0.15) is 20.8 Å². The summed E-state index contributed by atoms with van der Waals surface area (Å²) in [7, 11) is 1.50. The number of amides is 1. The fourth-order valence-electron chi connectivity index (χ4n) is 2.07. The number of ether oxygens (including phenoxy) is 2. The predicted octanol–water partition coefficient (Wildman–Crippen LogP) is 4.41. The third-order valence-corrected chi connectivity index (χ3v) is 3.02. The van der Waals surface area contributed by atoms with Gasteiger partial charge in [0.1, 0.15) is 5.60 Å². The standard InChI is InChI=1S/C18H21NO4/c1-18(2,3)23-17(21)19-14-7-5-6-12(10-14)13-8-9-16(22-4)15(20)11-13/h5-11,20H,1-4H3,(H,19,21). The van der Waals surface area contributed by atoms with Gasteiger partial charge in [0.05, 0.1) is 7.11 Å². The van der Waals surface area contributed by atoms with Crippen LogP contribution < -0.4 is 10.1 Å². The van der Waals surface area contributed by atoms with E-state index in [1.807, 2.05) is 45.0 Å². The van der Waals surface area contributed by atoms with Gasteiger partial charge in [-0.2, -0.15) is 0 Å². The van der Waals surface area contributed by atoms with E-state index in [4.69, 9.17) is 9.47 Å². The first-order chi connectivity index (χ1) is 10.8. The second-order valence-electron chi connectivity index (χ2n) is 6.09.